The molecule has 0 bridgehead atoms. The van der Waals surface area contributed by atoms with Gasteiger partial charge in [-0.15, -0.1) is 0 Å². The van der Waals surface area contributed by atoms with Gasteiger partial charge in [0.2, 0.25) is 0 Å². The third-order valence-electron chi connectivity index (χ3n) is 2.73. The molecule has 3 nitrogen and oxygen atoms in total. The van der Waals surface area contributed by atoms with E-state index >= 15 is 0 Å². The number of hydrogen-bond donors (Lipinski definition) is 1. The minimum Gasteiger partial charge on any atom is -0.497 e. The van der Waals surface area contributed by atoms with E-state index in [1.807, 2.05) is 36.4 Å². The molecular weight excluding hydrogens is 226 g/mol. The highest BCUT2D eigenvalue weighted by Crippen LogP contribution is 2.29. The molecule has 0 aliphatic carbocycles. The van der Waals surface area contributed by atoms with Crippen molar-refractivity contribution in [2.24, 2.45) is 0 Å². The zero-order valence-electron chi connectivity index (χ0n) is 10.6. The Morgan fingerprint density at radius 2 is 1.72 bits per heavy atom. The van der Waals surface area contributed by atoms with Crippen LogP contribution in [0.5, 0.6) is 11.5 Å². The molecule has 0 heterocycles. The summed E-state index contributed by atoms with van der Waals surface area (Å²) in [4.78, 5) is 0. The molecule has 0 atom stereocenters. The van der Waals surface area contributed by atoms with E-state index in [1.54, 1.807) is 14.2 Å². The van der Waals surface area contributed by atoms with Crippen molar-refractivity contribution in [1.29, 1.82) is 0 Å². The summed E-state index contributed by atoms with van der Waals surface area (Å²) in [5.41, 5.74) is 2.16. The molecule has 0 fully saturated rings. The van der Waals surface area contributed by atoms with Crippen LogP contribution in [0.2, 0.25) is 0 Å². The molecule has 0 spiro atoms. The molecule has 0 unspecified atom stereocenters. The zero-order valence-corrected chi connectivity index (χ0v) is 10.6. The Morgan fingerprint density at radius 3 is 2.39 bits per heavy atom. The molecule has 0 saturated carbocycles. The minimum absolute atomic E-state index is 0.754. The van der Waals surface area contributed by atoms with Crippen LogP contribution in [0.1, 0.15) is 5.56 Å². The van der Waals surface area contributed by atoms with Crippen LogP contribution in [-0.4, -0.2) is 14.2 Å². The number of methoxy groups -OCH3 is 2. The quantitative estimate of drug-likeness (QED) is 0.873. The van der Waals surface area contributed by atoms with Gasteiger partial charge in [0.1, 0.15) is 11.5 Å². The maximum Gasteiger partial charge on any atom is 0.142 e. The first kappa shape index (κ1) is 12.3. The highest BCUT2D eigenvalue weighted by atomic mass is 16.5. The number of rotatable bonds is 5. The van der Waals surface area contributed by atoms with Gasteiger partial charge in [-0.1, -0.05) is 30.3 Å². The molecule has 18 heavy (non-hydrogen) atoms. The number of anilines is 1. The van der Waals surface area contributed by atoms with Crippen molar-refractivity contribution in [3.05, 3.63) is 54.1 Å². The normalized spacial score (nSPS) is 9.89. The Kier molecular flexibility index (Phi) is 4.07. The molecule has 0 aromatic heterocycles. The van der Waals surface area contributed by atoms with E-state index in [9.17, 15) is 0 Å². The number of nitrogens with one attached hydrogen (secondary N) is 1. The highest BCUT2D eigenvalue weighted by Gasteiger charge is 2.04. The van der Waals surface area contributed by atoms with Gasteiger partial charge in [-0.05, 0) is 17.7 Å². The largest absolute Gasteiger partial charge is 0.497 e. The second-order valence-corrected chi connectivity index (χ2v) is 3.91. The third kappa shape index (κ3) is 2.94. The third-order valence-corrected chi connectivity index (χ3v) is 2.73. The van der Waals surface area contributed by atoms with Crippen molar-refractivity contribution in [2.45, 2.75) is 6.54 Å². The molecule has 1 N–H and O–H groups in total. The topological polar surface area (TPSA) is 30.5 Å². The smallest absolute Gasteiger partial charge is 0.142 e. The predicted molar refractivity (Wildman–Crippen MR) is 73.3 cm³/mol. The van der Waals surface area contributed by atoms with Crippen LogP contribution in [-0.2, 0) is 6.54 Å². The molecule has 0 amide bonds. The lowest BCUT2D eigenvalue weighted by atomic mass is 10.2. The molecule has 94 valence electrons. The first-order valence-electron chi connectivity index (χ1n) is 5.83. The van der Waals surface area contributed by atoms with Crippen LogP contribution >= 0.6 is 0 Å². The van der Waals surface area contributed by atoms with Crippen LogP contribution in [0.4, 0.5) is 5.69 Å². The fourth-order valence-electron chi connectivity index (χ4n) is 1.75. The van der Waals surface area contributed by atoms with Gasteiger partial charge in [-0.25, -0.2) is 0 Å². The van der Waals surface area contributed by atoms with Crippen molar-refractivity contribution < 1.29 is 9.47 Å². The average Bonchev–Trinajstić information content (AvgIpc) is 2.45. The maximum atomic E-state index is 5.32. The van der Waals surface area contributed by atoms with Crippen LogP contribution in [0, 0.1) is 0 Å². The molecule has 3 heteroatoms. The fraction of sp³-hybridized carbons (Fsp3) is 0.200. The second kappa shape index (κ2) is 5.96. The first-order valence-corrected chi connectivity index (χ1v) is 5.83. The average molecular weight is 243 g/mol. The Balaban J connectivity index is 2.12. The standard InChI is InChI=1S/C15H17NO2/c1-17-13-8-9-15(18-2)14(10-13)16-11-12-6-4-3-5-7-12/h3-10,16H,11H2,1-2H3. The van der Waals surface area contributed by atoms with Crippen LogP contribution < -0.4 is 14.8 Å². The van der Waals surface area contributed by atoms with E-state index in [1.165, 1.54) is 5.56 Å². The monoisotopic (exact) mass is 243 g/mol. The van der Waals surface area contributed by atoms with Gasteiger partial charge >= 0.3 is 0 Å². The molecule has 2 rings (SSSR count). The molecule has 2 aromatic rings. The lowest BCUT2D eigenvalue weighted by Crippen LogP contribution is -2.01. The van der Waals surface area contributed by atoms with Crippen LogP contribution in [0.3, 0.4) is 0 Å². The van der Waals surface area contributed by atoms with Gasteiger partial charge in [-0.2, -0.15) is 0 Å². The minimum atomic E-state index is 0.754. The number of benzene rings is 2. The maximum absolute atomic E-state index is 5.32. The Hall–Kier alpha value is -2.16. The molecule has 2 aromatic carbocycles. The van der Waals surface area contributed by atoms with Crippen molar-refractivity contribution in [1.82, 2.24) is 0 Å². The van der Waals surface area contributed by atoms with Crippen LogP contribution in [0.25, 0.3) is 0 Å². The SMILES string of the molecule is COc1ccc(OC)c(NCc2ccccc2)c1. The Labute approximate surface area is 107 Å². The lowest BCUT2D eigenvalue weighted by Gasteiger charge is -2.12. The Morgan fingerprint density at radius 1 is 0.944 bits per heavy atom. The van der Waals surface area contributed by atoms with Crippen molar-refractivity contribution in [2.75, 3.05) is 19.5 Å². The molecule has 0 radical (unpaired) electrons. The molecular formula is C15H17NO2. The van der Waals surface area contributed by atoms with Gasteiger partial charge < -0.3 is 14.8 Å². The number of hydrogen-bond acceptors (Lipinski definition) is 3. The van der Waals surface area contributed by atoms with E-state index < -0.39 is 0 Å². The fourth-order valence-corrected chi connectivity index (χ4v) is 1.75. The first-order chi connectivity index (χ1) is 8.83. The van der Waals surface area contributed by atoms with Crippen molar-refractivity contribution >= 4 is 5.69 Å². The van der Waals surface area contributed by atoms with E-state index in [4.69, 9.17) is 9.47 Å². The summed E-state index contributed by atoms with van der Waals surface area (Å²) in [6, 6.07) is 15.9. The zero-order chi connectivity index (χ0) is 12.8. The van der Waals surface area contributed by atoms with Crippen LogP contribution in [0.15, 0.2) is 48.5 Å². The summed E-state index contributed by atoms with van der Waals surface area (Å²) < 4.78 is 10.5. The molecule has 0 aliphatic heterocycles. The summed E-state index contributed by atoms with van der Waals surface area (Å²) in [6.45, 7) is 0.754. The summed E-state index contributed by atoms with van der Waals surface area (Å²) in [6.07, 6.45) is 0. The van der Waals surface area contributed by atoms with Gasteiger partial charge in [0.25, 0.3) is 0 Å². The van der Waals surface area contributed by atoms with E-state index in [2.05, 4.69) is 17.4 Å². The van der Waals surface area contributed by atoms with Gasteiger partial charge in [0.05, 0.1) is 19.9 Å². The van der Waals surface area contributed by atoms with Gasteiger partial charge in [0.15, 0.2) is 0 Å². The van der Waals surface area contributed by atoms with Crippen molar-refractivity contribution in [3.8, 4) is 11.5 Å². The number of ether oxygens (including phenoxy) is 2. The van der Waals surface area contributed by atoms with Crippen molar-refractivity contribution in [3.63, 3.8) is 0 Å². The summed E-state index contributed by atoms with van der Waals surface area (Å²) >= 11 is 0. The highest BCUT2D eigenvalue weighted by molar-refractivity contribution is 5.59. The van der Waals surface area contributed by atoms with E-state index in [0.29, 0.717) is 0 Å². The second-order valence-electron chi connectivity index (χ2n) is 3.91. The Bertz CT molecular complexity index is 497. The summed E-state index contributed by atoms with van der Waals surface area (Å²) in [5, 5.41) is 3.35. The summed E-state index contributed by atoms with van der Waals surface area (Å²) in [7, 11) is 3.32. The molecule has 0 saturated heterocycles. The lowest BCUT2D eigenvalue weighted by molar-refractivity contribution is 0.404. The predicted octanol–water partition coefficient (Wildman–Crippen LogP) is 3.32. The summed E-state index contributed by atoms with van der Waals surface area (Å²) in [5.74, 6) is 1.62. The van der Waals surface area contributed by atoms with E-state index in [0.717, 1.165) is 23.7 Å². The van der Waals surface area contributed by atoms with Gasteiger partial charge in [0, 0.05) is 12.6 Å². The van der Waals surface area contributed by atoms with E-state index in [-0.39, 0.29) is 0 Å². The van der Waals surface area contributed by atoms with Gasteiger partial charge in [-0.3, -0.25) is 0 Å². The molecule has 0 aliphatic rings.